The van der Waals surface area contributed by atoms with Crippen LogP contribution in [0.2, 0.25) is 5.15 Å². The van der Waals surface area contributed by atoms with Crippen molar-refractivity contribution in [2.24, 2.45) is 0 Å². The van der Waals surface area contributed by atoms with Gasteiger partial charge in [0.25, 0.3) is 0 Å². The van der Waals surface area contributed by atoms with Crippen molar-refractivity contribution in [2.75, 3.05) is 0 Å². The average Bonchev–Trinajstić information content (AvgIpc) is 2.05. The fourth-order valence-electron chi connectivity index (χ4n) is 0.814. The summed E-state index contributed by atoms with van der Waals surface area (Å²) in [5.41, 5.74) is 0.141. The van der Waals surface area contributed by atoms with Gasteiger partial charge in [0, 0.05) is 0 Å². The molecule has 0 saturated carbocycles. The van der Waals surface area contributed by atoms with Gasteiger partial charge in [-0.05, 0) is 26.0 Å². The lowest BCUT2D eigenvalue weighted by molar-refractivity contribution is 0.659. The van der Waals surface area contributed by atoms with Gasteiger partial charge in [0.2, 0.25) is 0 Å². The summed E-state index contributed by atoms with van der Waals surface area (Å²) < 4.78 is 0. The van der Waals surface area contributed by atoms with E-state index >= 15 is 0 Å². The third-order valence-electron chi connectivity index (χ3n) is 1.63. The molecule has 1 rings (SSSR count). The van der Waals surface area contributed by atoms with Crippen molar-refractivity contribution in [1.29, 1.82) is 5.26 Å². The van der Waals surface area contributed by atoms with Crippen molar-refractivity contribution < 1.29 is 0 Å². The lowest BCUT2D eigenvalue weighted by Gasteiger charge is -2.13. The first-order valence-corrected chi connectivity index (χ1v) is 3.98. The zero-order valence-corrected chi connectivity index (χ0v) is 7.76. The number of rotatable bonds is 1. The molecule has 0 amide bonds. The quantitative estimate of drug-likeness (QED) is 0.623. The Kier molecular flexibility index (Phi) is 2.35. The van der Waals surface area contributed by atoms with Crippen molar-refractivity contribution >= 4 is 11.6 Å². The van der Waals surface area contributed by atoms with E-state index in [4.69, 9.17) is 16.9 Å². The standard InChI is InChI=1S/C9H9ClN2/c1-9(2,6-11)7-4-3-5-8(10)12-7/h3-5H,1-2H3. The van der Waals surface area contributed by atoms with Gasteiger partial charge in [-0.15, -0.1) is 0 Å². The van der Waals surface area contributed by atoms with Crippen LogP contribution in [0.25, 0.3) is 0 Å². The first-order chi connectivity index (χ1) is 5.56. The van der Waals surface area contributed by atoms with E-state index in [0.29, 0.717) is 10.8 Å². The molecule has 2 nitrogen and oxygen atoms in total. The molecule has 3 heteroatoms. The number of nitrogens with zero attached hydrogens (tertiary/aromatic N) is 2. The molecule has 0 aliphatic carbocycles. The summed E-state index contributed by atoms with van der Waals surface area (Å²) in [6, 6.07) is 7.45. The second-order valence-electron chi connectivity index (χ2n) is 3.08. The van der Waals surface area contributed by atoms with Gasteiger partial charge < -0.3 is 0 Å². The first kappa shape index (κ1) is 9.02. The second-order valence-corrected chi connectivity index (χ2v) is 3.47. The van der Waals surface area contributed by atoms with Crippen LogP contribution < -0.4 is 0 Å². The lowest BCUT2D eigenvalue weighted by atomic mass is 9.91. The molecule has 1 aromatic rings. The Balaban J connectivity index is 3.14. The van der Waals surface area contributed by atoms with E-state index in [-0.39, 0.29) is 0 Å². The normalized spacial score (nSPS) is 10.8. The minimum absolute atomic E-state index is 0.427. The largest absolute Gasteiger partial charge is 0.239 e. The SMILES string of the molecule is CC(C)(C#N)c1cccc(Cl)n1. The topological polar surface area (TPSA) is 36.7 Å². The fourth-order valence-corrected chi connectivity index (χ4v) is 0.977. The predicted octanol–water partition coefficient (Wildman–Crippen LogP) is 2.54. The fraction of sp³-hybridized carbons (Fsp3) is 0.333. The van der Waals surface area contributed by atoms with E-state index in [1.807, 2.05) is 13.8 Å². The van der Waals surface area contributed by atoms with Crippen molar-refractivity contribution in [3.63, 3.8) is 0 Å². The van der Waals surface area contributed by atoms with Gasteiger partial charge in [-0.25, -0.2) is 4.98 Å². The molecule has 1 heterocycles. The van der Waals surface area contributed by atoms with E-state index in [9.17, 15) is 0 Å². The van der Waals surface area contributed by atoms with Crippen LogP contribution in [0, 0.1) is 11.3 Å². The molecular formula is C9H9ClN2. The van der Waals surface area contributed by atoms with Gasteiger partial charge in [0.15, 0.2) is 0 Å². The minimum Gasteiger partial charge on any atom is -0.239 e. The summed E-state index contributed by atoms with van der Waals surface area (Å²) in [5, 5.41) is 9.23. The van der Waals surface area contributed by atoms with Crippen molar-refractivity contribution in [3.8, 4) is 6.07 Å². The summed E-state index contributed by atoms with van der Waals surface area (Å²) in [7, 11) is 0. The average molecular weight is 181 g/mol. The maximum Gasteiger partial charge on any atom is 0.129 e. The van der Waals surface area contributed by atoms with Crippen LogP contribution in [-0.2, 0) is 5.41 Å². The predicted molar refractivity (Wildman–Crippen MR) is 47.9 cm³/mol. The highest BCUT2D eigenvalue weighted by Crippen LogP contribution is 2.20. The molecule has 0 radical (unpaired) electrons. The molecule has 1 aromatic heterocycles. The Hall–Kier alpha value is -1.07. The van der Waals surface area contributed by atoms with Crippen LogP contribution in [0.4, 0.5) is 0 Å². The first-order valence-electron chi connectivity index (χ1n) is 3.60. The Morgan fingerprint density at radius 1 is 1.50 bits per heavy atom. The molecule has 0 aliphatic heterocycles. The van der Waals surface area contributed by atoms with Crippen LogP contribution in [0.5, 0.6) is 0 Å². The number of hydrogen-bond donors (Lipinski definition) is 0. The molecule has 0 atom stereocenters. The smallest absolute Gasteiger partial charge is 0.129 e. The number of hydrogen-bond acceptors (Lipinski definition) is 2. The molecule has 0 spiro atoms. The second kappa shape index (κ2) is 3.12. The number of nitriles is 1. The maximum atomic E-state index is 8.81. The van der Waals surface area contributed by atoms with Gasteiger partial charge in [-0.2, -0.15) is 5.26 Å². The monoisotopic (exact) mass is 180 g/mol. The number of halogens is 1. The van der Waals surface area contributed by atoms with E-state index in [1.165, 1.54) is 0 Å². The highest BCUT2D eigenvalue weighted by atomic mass is 35.5. The third-order valence-corrected chi connectivity index (χ3v) is 1.85. The van der Waals surface area contributed by atoms with Gasteiger partial charge in [0.1, 0.15) is 5.15 Å². The molecule has 0 aliphatic rings. The summed E-state index contributed by atoms with van der Waals surface area (Å²) in [4.78, 5) is 4.06. The van der Waals surface area contributed by atoms with E-state index in [0.717, 1.165) is 0 Å². The van der Waals surface area contributed by atoms with Crippen LogP contribution >= 0.6 is 11.6 Å². The van der Waals surface area contributed by atoms with Crippen molar-refractivity contribution in [2.45, 2.75) is 19.3 Å². The van der Waals surface area contributed by atoms with Crippen LogP contribution in [0.1, 0.15) is 19.5 Å². The third kappa shape index (κ3) is 1.75. The Bertz CT molecular complexity index is 326. The van der Waals surface area contributed by atoms with Gasteiger partial charge in [-0.3, -0.25) is 0 Å². The van der Waals surface area contributed by atoms with E-state index in [2.05, 4.69) is 11.1 Å². The Labute approximate surface area is 76.8 Å². The minimum atomic E-state index is -0.565. The maximum absolute atomic E-state index is 8.81. The molecular weight excluding hydrogens is 172 g/mol. The molecule has 0 unspecified atom stereocenters. The summed E-state index contributed by atoms with van der Waals surface area (Å²) in [6.07, 6.45) is 0. The summed E-state index contributed by atoms with van der Waals surface area (Å²) in [5.74, 6) is 0. The molecule has 0 N–H and O–H groups in total. The van der Waals surface area contributed by atoms with Gasteiger partial charge in [-0.1, -0.05) is 17.7 Å². The van der Waals surface area contributed by atoms with Crippen molar-refractivity contribution in [1.82, 2.24) is 4.98 Å². The lowest BCUT2D eigenvalue weighted by Crippen LogP contribution is -2.15. The molecule has 0 bridgehead atoms. The zero-order chi connectivity index (χ0) is 9.19. The van der Waals surface area contributed by atoms with Gasteiger partial charge in [0.05, 0.1) is 17.2 Å². The molecule has 0 saturated heterocycles. The molecule has 0 aromatic carbocycles. The highest BCUT2D eigenvalue weighted by Gasteiger charge is 2.21. The zero-order valence-electron chi connectivity index (χ0n) is 7.00. The number of pyridine rings is 1. The van der Waals surface area contributed by atoms with Crippen LogP contribution in [-0.4, -0.2) is 4.98 Å². The van der Waals surface area contributed by atoms with Gasteiger partial charge >= 0.3 is 0 Å². The molecule has 0 fully saturated rings. The summed E-state index contributed by atoms with van der Waals surface area (Å²) in [6.45, 7) is 3.62. The summed E-state index contributed by atoms with van der Waals surface area (Å²) >= 11 is 5.69. The van der Waals surface area contributed by atoms with Crippen LogP contribution in [0.3, 0.4) is 0 Å². The van der Waals surface area contributed by atoms with E-state index in [1.54, 1.807) is 18.2 Å². The van der Waals surface area contributed by atoms with E-state index < -0.39 is 5.41 Å². The highest BCUT2D eigenvalue weighted by molar-refractivity contribution is 6.29. The number of aromatic nitrogens is 1. The van der Waals surface area contributed by atoms with Crippen LogP contribution in [0.15, 0.2) is 18.2 Å². The Morgan fingerprint density at radius 2 is 2.17 bits per heavy atom. The molecule has 12 heavy (non-hydrogen) atoms. The Morgan fingerprint density at radius 3 is 2.67 bits per heavy atom. The molecule has 62 valence electrons. The van der Waals surface area contributed by atoms with Crippen molar-refractivity contribution in [3.05, 3.63) is 29.0 Å².